The molecule has 25 heavy (non-hydrogen) atoms. The van der Waals surface area contributed by atoms with Crippen molar-refractivity contribution in [2.24, 2.45) is 5.92 Å². The molecule has 0 saturated carbocycles. The van der Waals surface area contributed by atoms with Crippen LogP contribution in [0.2, 0.25) is 0 Å². The highest BCUT2D eigenvalue weighted by Gasteiger charge is 2.25. The van der Waals surface area contributed by atoms with Crippen LogP contribution in [0.15, 0.2) is 23.6 Å². The van der Waals surface area contributed by atoms with Crippen molar-refractivity contribution in [2.45, 2.75) is 26.3 Å². The molecule has 0 radical (unpaired) electrons. The summed E-state index contributed by atoms with van der Waals surface area (Å²) in [5, 5.41) is 6.16. The standard InChI is InChI=1S/C18H24N4O2S/c1-12-20-14(11-25-12)10-22-7-5-13(6-8-22)18(23)21-17-9-15(24-2)3-4-16(17)19/h3-4,9,11,13H,5-8,10,19H2,1-2H3,(H,21,23). The summed E-state index contributed by atoms with van der Waals surface area (Å²) in [7, 11) is 1.59. The monoisotopic (exact) mass is 360 g/mol. The maximum Gasteiger partial charge on any atom is 0.227 e. The number of carbonyl (C=O) groups is 1. The van der Waals surface area contributed by atoms with Crippen LogP contribution in [0.4, 0.5) is 11.4 Å². The van der Waals surface area contributed by atoms with Crippen LogP contribution in [0.5, 0.6) is 5.75 Å². The van der Waals surface area contributed by atoms with Gasteiger partial charge in [0.1, 0.15) is 5.75 Å². The molecule has 0 bridgehead atoms. The van der Waals surface area contributed by atoms with Gasteiger partial charge in [0.05, 0.1) is 29.2 Å². The van der Waals surface area contributed by atoms with Crippen molar-refractivity contribution in [3.8, 4) is 5.75 Å². The van der Waals surface area contributed by atoms with Crippen molar-refractivity contribution >= 4 is 28.6 Å². The fraction of sp³-hybridized carbons (Fsp3) is 0.444. The van der Waals surface area contributed by atoms with Crippen molar-refractivity contribution < 1.29 is 9.53 Å². The van der Waals surface area contributed by atoms with Crippen LogP contribution >= 0.6 is 11.3 Å². The molecule has 7 heteroatoms. The van der Waals surface area contributed by atoms with Gasteiger partial charge in [-0.1, -0.05) is 0 Å². The molecule has 0 spiro atoms. The van der Waals surface area contributed by atoms with E-state index < -0.39 is 0 Å². The minimum absolute atomic E-state index is 0.0130. The van der Waals surface area contributed by atoms with Crippen molar-refractivity contribution in [3.63, 3.8) is 0 Å². The number of ether oxygens (including phenoxy) is 1. The van der Waals surface area contributed by atoms with Crippen molar-refractivity contribution in [1.82, 2.24) is 9.88 Å². The minimum Gasteiger partial charge on any atom is -0.497 e. The van der Waals surface area contributed by atoms with E-state index in [4.69, 9.17) is 10.5 Å². The number of benzene rings is 1. The third kappa shape index (κ3) is 4.49. The Labute approximate surface area is 152 Å². The van der Waals surface area contributed by atoms with Crippen LogP contribution in [-0.4, -0.2) is 36.0 Å². The van der Waals surface area contributed by atoms with Crippen molar-refractivity contribution in [2.75, 3.05) is 31.2 Å². The number of nitrogens with zero attached hydrogens (tertiary/aromatic N) is 2. The number of nitrogen functional groups attached to an aromatic ring is 1. The lowest BCUT2D eigenvalue weighted by Crippen LogP contribution is -2.37. The molecular weight excluding hydrogens is 336 g/mol. The number of piperidine rings is 1. The van der Waals surface area contributed by atoms with E-state index in [-0.39, 0.29) is 11.8 Å². The number of methoxy groups -OCH3 is 1. The van der Waals surface area contributed by atoms with Crippen LogP contribution < -0.4 is 15.8 Å². The summed E-state index contributed by atoms with van der Waals surface area (Å²) < 4.78 is 5.19. The van der Waals surface area contributed by atoms with Gasteiger partial charge in [0.15, 0.2) is 0 Å². The number of aryl methyl sites for hydroxylation is 1. The first kappa shape index (κ1) is 17.7. The van der Waals surface area contributed by atoms with Crippen molar-refractivity contribution in [3.05, 3.63) is 34.3 Å². The first-order valence-electron chi connectivity index (χ1n) is 8.43. The zero-order chi connectivity index (χ0) is 17.8. The Morgan fingerprint density at radius 2 is 2.20 bits per heavy atom. The number of nitrogens with two attached hydrogens (primary N) is 1. The summed E-state index contributed by atoms with van der Waals surface area (Å²) >= 11 is 1.68. The van der Waals surface area contributed by atoms with E-state index in [0.29, 0.717) is 17.1 Å². The molecule has 0 unspecified atom stereocenters. The predicted molar refractivity (Wildman–Crippen MR) is 101 cm³/mol. The van der Waals surface area contributed by atoms with Gasteiger partial charge in [-0.05, 0) is 45.0 Å². The average Bonchev–Trinajstić information content (AvgIpc) is 3.02. The number of hydrogen-bond donors (Lipinski definition) is 2. The topological polar surface area (TPSA) is 80.5 Å². The smallest absolute Gasteiger partial charge is 0.227 e. The van der Waals surface area contributed by atoms with Gasteiger partial charge in [0, 0.05) is 23.9 Å². The third-order valence-electron chi connectivity index (χ3n) is 4.53. The lowest BCUT2D eigenvalue weighted by atomic mass is 9.95. The molecule has 1 aliphatic heterocycles. The molecule has 1 aliphatic rings. The van der Waals surface area contributed by atoms with Crippen LogP contribution in [0.25, 0.3) is 0 Å². The molecule has 134 valence electrons. The molecule has 1 aromatic carbocycles. The number of rotatable bonds is 5. The Bertz CT molecular complexity index is 738. The highest BCUT2D eigenvalue weighted by atomic mass is 32.1. The molecular formula is C18H24N4O2S. The normalized spacial score (nSPS) is 15.9. The molecule has 2 heterocycles. The van der Waals surface area contributed by atoms with Gasteiger partial charge in [-0.2, -0.15) is 0 Å². The van der Waals surface area contributed by atoms with Gasteiger partial charge in [0.2, 0.25) is 5.91 Å². The van der Waals surface area contributed by atoms with Gasteiger partial charge >= 0.3 is 0 Å². The SMILES string of the molecule is COc1ccc(N)c(NC(=O)C2CCN(Cc3csc(C)n3)CC2)c1. The van der Waals surface area contributed by atoms with E-state index in [1.165, 1.54) is 0 Å². The first-order chi connectivity index (χ1) is 12.0. The summed E-state index contributed by atoms with van der Waals surface area (Å²) in [6.45, 7) is 4.70. The number of aromatic nitrogens is 1. The fourth-order valence-corrected chi connectivity index (χ4v) is 3.67. The second-order valence-electron chi connectivity index (χ2n) is 6.35. The van der Waals surface area contributed by atoms with E-state index in [1.54, 1.807) is 36.6 Å². The predicted octanol–water partition coefficient (Wildman–Crippen LogP) is 2.89. The summed E-state index contributed by atoms with van der Waals surface area (Å²) in [6, 6.07) is 5.28. The van der Waals surface area contributed by atoms with Gasteiger partial charge in [0.25, 0.3) is 0 Å². The number of likely N-dealkylation sites (tertiary alicyclic amines) is 1. The number of anilines is 2. The lowest BCUT2D eigenvalue weighted by Gasteiger charge is -2.30. The summed E-state index contributed by atoms with van der Waals surface area (Å²) in [5.41, 5.74) is 8.23. The van der Waals surface area contributed by atoms with E-state index in [0.717, 1.165) is 43.2 Å². The third-order valence-corrected chi connectivity index (χ3v) is 5.35. The summed E-state index contributed by atoms with van der Waals surface area (Å²) in [5.74, 6) is 0.723. The Morgan fingerprint density at radius 1 is 1.44 bits per heavy atom. The molecule has 3 rings (SSSR count). The van der Waals surface area contributed by atoms with E-state index in [9.17, 15) is 4.79 Å². The quantitative estimate of drug-likeness (QED) is 0.802. The van der Waals surface area contributed by atoms with Gasteiger partial charge in [-0.25, -0.2) is 4.98 Å². The highest BCUT2D eigenvalue weighted by molar-refractivity contribution is 7.09. The van der Waals surface area contributed by atoms with Crippen LogP contribution in [0.3, 0.4) is 0 Å². The molecule has 3 N–H and O–H groups in total. The second-order valence-corrected chi connectivity index (χ2v) is 7.41. The fourth-order valence-electron chi connectivity index (χ4n) is 3.07. The second kappa shape index (κ2) is 7.84. The van der Waals surface area contributed by atoms with E-state index >= 15 is 0 Å². The van der Waals surface area contributed by atoms with E-state index in [2.05, 4.69) is 20.6 Å². The van der Waals surface area contributed by atoms with Crippen LogP contribution in [0.1, 0.15) is 23.5 Å². The molecule has 1 saturated heterocycles. The average molecular weight is 360 g/mol. The minimum atomic E-state index is 0.0130. The van der Waals surface area contributed by atoms with E-state index in [1.807, 2.05) is 6.92 Å². The number of hydrogen-bond acceptors (Lipinski definition) is 6. The van der Waals surface area contributed by atoms with Crippen LogP contribution in [0, 0.1) is 12.8 Å². The summed E-state index contributed by atoms with van der Waals surface area (Å²) in [6.07, 6.45) is 1.69. The number of nitrogens with one attached hydrogen (secondary N) is 1. The molecule has 0 atom stereocenters. The number of amides is 1. The molecule has 1 amide bonds. The highest BCUT2D eigenvalue weighted by Crippen LogP contribution is 2.27. The zero-order valence-corrected chi connectivity index (χ0v) is 15.4. The zero-order valence-electron chi connectivity index (χ0n) is 14.6. The Kier molecular flexibility index (Phi) is 5.55. The Balaban J connectivity index is 1.53. The maximum absolute atomic E-state index is 12.6. The Morgan fingerprint density at radius 3 is 2.84 bits per heavy atom. The van der Waals surface area contributed by atoms with Crippen molar-refractivity contribution in [1.29, 1.82) is 0 Å². The first-order valence-corrected chi connectivity index (χ1v) is 9.31. The Hall–Kier alpha value is -2.12. The van der Waals surface area contributed by atoms with Gasteiger partial charge in [-0.15, -0.1) is 11.3 Å². The molecule has 0 aliphatic carbocycles. The molecule has 2 aromatic rings. The number of thiazole rings is 1. The largest absolute Gasteiger partial charge is 0.497 e. The number of carbonyl (C=O) groups excluding carboxylic acids is 1. The molecule has 1 aromatic heterocycles. The maximum atomic E-state index is 12.6. The van der Waals surface area contributed by atoms with Crippen LogP contribution in [-0.2, 0) is 11.3 Å². The molecule has 6 nitrogen and oxygen atoms in total. The lowest BCUT2D eigenvalue weighted by molar-refractivity contribution is -0.121. The van der Waals surface area contributed by atoms with Gasteiger partial charge in [-0.3, -0.25) is 9.69 Å². The van der Waals surface area contributed by atoms with Gasteiger partial charge < -0.3 is 15.8 Å². The summed E-state index contributed by atoms with van der Waals surface area (Å²) in [4.78, 5) is 19.4. The molecule has 1 fully saturated rings.